The molecule has 0 spiro atoms. The molecule has 0 aliphatic rings. The Kier molecular flexibility index (Phi) is 5.35. The van der Waals surface area contributed by atoms with Crippen LogP contribution in [0.3, 0.4) is 0 Å². The predicted molar refractivity (Wildman–Crippen MR) is 70.9 cm³/mol. The first-order chi connectivity index (χ1) is 7.56. The van der Waals surface area contributed by atoms with Crippen LogP contribution >= 0.6 is 11.8 Å². The van der Waals surface area contributed by atoms with Gasteiger partial charge < -0.3 is 5.73 Å². The van der Waals surface area contributed by atoms with Crippen LogP contribution in [0.25, 0.3) is 0 Å². The molecule has 2 N–H and O–H groups in total. The summed E-state index contributed by atoms with van der Waals surface area (Å²) in [6.07, 6.45) is 3.42. The molecule has 1 atom stereocenters. The molecular weight excluding hydrogens is 218 g/mol. The summed E-state index contributed by atoms with van der Waals surface area (Å²) >= 11 is 1.91. The van der Waals surface area contributed by atoms with E-state index in [-0.39, 0.29) is 6.04 Å². The molecule has 0 fully saturated rings. The van der Waals surface area contributed by atoms with Crippen LogP contribution in [-0.2, 0) is 13.5 Å². The number of aromatic nitrogens is 2. The Morgan fingerprint density at radius 2 is 2.19 bits per heavy atom. The molecule has 0 aliphatic heterocycles. The number of nitrogens with zero attached hydrogens (tertiary/aromatic N) is 2. The second kappa shape index (κ2) is 6.30. The minimum Gasteiger partial charge on any atom is -0.328 e. The Hall–Kier alpha value is -0.480. The average Bonchev–Trinajstić information content (AvgIpc) is 2.44. The molecule has 0 saturated heterocycles. The highest BCUT2D eigenvalue weighted by atomic mass is 32.2. The Bertz CT molecular complexity index is 331. The second-order valence-electron chi connectivity index (χ2n) is 4.38. The summed E-state index contributed by atoms with van der Waals surface area (Å²) in [5.74, 6) is 1.17. The van der Waals surface area contributed by atoms with Crippen molar-refractivity contribution in [2.45, 2.75) is 51.1 Å². The van der Waals surface area contributed by atoms with Crippen LogP contribution < -0.4 is 5.73 Å². The normalized spacial score (nSPS) is 13.1. The topological polar surface area (TPSA) is 43.8 Å². The summed E-state index contributed by atoms with van der Waals surface area (Å²) in [6, 6.07) is 0.202. The molecule has 0 aromatic carbocycles. The standard InChI is InChI=1S/C12H23N3S/c1-5-6-7-16-12-11(8-9(2)13)10(3)14-15(12)4/h9H,5-8,13H2,1-4H3. The lowest BCUT2D eigenvalue weighted by Crippen LogP contribution is -2.18. The highest BCUT2D eigenvalue weighted by Gasteiger charge is 2.14. The predicted octanol–water partition coefficient (Wildman–Crippen LogP) is 2.51. The van der Waals surface area contributed by atoms with Gasteiger partial charge >= 0.3 is 0 Å². The molecule has 0 aliphatic carbocycles. The van der Waals surface area contributed by atoms with Crippen LogP contribution in [0.4, 0.5) is 0 Å². The van der Waals surface area contributed by atoms with Crippen LogP contribution in [0.15, 0.2) is 5.03 Å². The van der Waals surface area contributed by atoms with Gasteiger partial charge in [-0.05, 0) is 32.4 Å². The molecule has 3 nitrogen and oxygen atoms in total. The molecule has 1 unspecified atom stereocenters. The van der Waals surface area contributed by atoms with Gasteiger partial charge in [-0.25, -0.2) is 0 Å². The lowest BCUT2D eigenvalue weighted by Gasteiger charge is -2.08. The van der Waals surface area contributed by atoms with Crippen molar-refractivity contribution in [1.29, 1.82) is 0 Å². The summed E-state index contributed by atoms with van der Waals surface area (Å²) in [6.45, 7) is 6.34. The minimum atomic E-state index is 0.202. The third-order valence-electron chi connectivity index (χ3n) is 2.55. The smallest absolute Gasteiger partial charge is 0.0971 e. The molecule has 1 aromatic heterocycles. The fraction of sp³-hybridized carbons (Fsp3) is 0.750. The van der Waals surface area contributed by atoms with Gasteiger partial charge in [0, 0.05) is 18.7 Å². The summed E-state index contributed by atoms with van der Waals surface area (Å²) in [4.78, 5) is 0. The Morgan fingerprint density at radius 3 is 2.75 bits per heavy atom. The largest absolute Gasteiger partial charge is 0.328 e. The molecule has 92 valence electrons. The SMILES string of the molecule is CCCCSc1c(CC(C)N)c(C)nn1C. The van der Waals surface area contributed by atoms with Crippen molar-refractivity contribution in [2.24, 2.45) is 12.8 Å². The first-order valence-corrected chi connectivity index (χ1v) is 6.95. The fourth-order valence-corrected chi connectivity index (χ4v) is 2.99. The molecule has 1 aromatic rings. The van der Waals surface area contributed by atoms with Gasteiger partial charge in [0.15, 0.2) is 0 Å². The van der Waals surface area contributed by atoms with Crippen molar-refractivity contribution < 1.29 is 0 Å². The van der Waals surface area contributed by atoms with Crippen LogP contribution in [0, 0.1) is 6.92 Å². The van der Waals surface area contributed by atoms with Crippen LogP contribution in [0.2, 0.25) is 0 Å². The van der Waals surface area contributed by atoms with Crippen LogP contribution in [0.5, 0.6) is 0 Å². The molecule has 1 rings (SSSR count). The van der Waals surface area contributed by atoms with E-state index in [1.807, 2.05) is 30.4 Å². The first kappa shape index (κ1) is 13.6. The van der Waals surface area contributed by atoms with E-state index in [0.29, 0.717) is 0 Å². The molecule has 0 amide bonds. The van der Waals surface area contributed by atoms with Crippen molar-refractivity contribution in [1.82, 2.24) is 9.78 Å². The second-order valence-corrected chi connectivity index (χ2v) is 5.46. The molecular formula is C12H23N3S. The quantitative estimate of drug-likeness (QED) is 0.615. The number of rotatable bonds is 6. The summed E-state index contributed by atoms with van der Waals surface area (Å²) in [5.41, 5.74) is 8.34. The zero-order valence-corrected chi connectivity index (χ0v) is 11.6. The van der Waals surface area contributed by atoms with Crippen molar-refractivity contribution >= 4 is 11.8 Å². The zero-order valence-electron chi connectivity index (χ0n) is 10.8. The summed E-state index contributed by atoms with van der Waals surface area (Å²) in [5, 5.41) is 5.78. The number of hydrogen-bond donors (Lipinski definition) is 1. The maximum absolute atomic E-state index is 5.88. The molecule has 0 bridgehead atoms. The van der Waals surface area contributed by atoms with Crippen molar-refractivity contribution in [2.75, 3.05) is 5.75 Å². The number of nitrogens with two attached hydrogens (primary N) is 1. The van der Waals surface area contributed by atoms with Gasteiger partial charge in [0.25, 0.3) is 0 Å². The van der Waals surface area contributed by atoms with E-state index in [2.05, 4.69) is 18.9 Å². The van der Waals surface area contributed by atoms with E-state index >= 15 is 0 Å². The summed E-state index contributed by atoms with van der Waals surface area (Å²) < 4.78 is 1.99. The maximum atomic E-state index is 5.88. The van der Waals surface area contributed by atoms with Gasteiger partial charge in [-0.2, -0.15) is 5.10 Å². The molecule has 4 heteroatoms. The highest BCUT2D eigenvalue weighted by Crippen LogP contribution is 2.26. The van der Waals surface area contributed by atoms with Gasteiger partial charge in [0.1, 0.15) is 0 Å². The van der Waals surface area contributed by atoms with Crippen LogP contribution in [0.1, 0.15) is 37.9 Å². The zero-order chi connectivity index (χ0) is 12.1. The molecule has 0 saturated carbocycles. The third-order valence-corrected chi connectivity index (χ3v) is 3.83. The van der Waals surface area contributed by atoms with Gasteiger partial charge in [-0.15, -0.1) is 11.8 Å². The number of thioether (sulfide) groups is 1. The van der Waals surface area contributed by atoms with E-state index in [1.165, 1.54) is 29.2 Å². The third kappa shape index (κ3) is 3.52. The van der Waals surface area contributed by atoms with Crippen molar-refractivity contribution in [3.63, 3.8) is 0 Å². The van der Waals surface area contributed by atoms with Gasteiger partial charge in [-0.1, -0.05) is 13.3 Å². The highest BCUT2D eigenvalue weighted by molar-refractivity contribution is 7.99. The van der Waals surface area contributed by atoms with Gasteiger partial charge in [0.05, 0.1) is 10.7 Å². The lowest BCUT2D eigenvalue weighted by atomic mass is 10.1. The Labute approximate surface area is 103 Å². The van der Waals surface area contributed by atoms with Crippen LogP contribution in [-0.4, -0.2) is 21.6 Å². The Balaban J connectivity index is 2.79. The molecule has 0 radical (unpaired) electrons. The fourth-order valence-electron chi connectivity index (χ4n) is 1.73. The van der Waals surface area contributed by atoms with Gasteiger partial charge in [0.2, 0.25) is 0 Å². The maximum Gasteiger partial charge on any atom is 0.0971 e. The Morgan fingerprint density at radius 1 is 1.50 bits per heavy atom. The number of hydrogen-bond acceptors (Lipinski definition) is 3. The average molecular weight is 241 g/mol. The van der Waals surface area contributed by atoms with Crippen molar-refractivity contribution in [3.8, 4) is 0 Å². The lowest BCUT2D eigenvalue weighted by molar-refractivity contribution is 0.677. The molecule has 1 heterocycles. The monoisotopic (exact) mass is 241 g/mol. The van der Waals surface area contributed by atoms with E-state index in [9.17, 15) is 0 Å². The summed E-state index contributed by atoms with van der Waals surface area (Å²) in [7, 11) is 2.02. The first-order valence-electron chi connectivity index (χ1n) is 5.97. The van der Waals surface area contributed by atoms with E-state index < -0.39 is 0 Å². The van der Waals surface area contributed by atoms with E-state index in [1.54, 1.807) is 0 Å². The number of unbranched alkanes of at least 4 members (excludes halogenated alkanes) is 1. The molecule has 16 heavy (non-hydrogen) atoms. The van der Waals surface area contributed by atoms with E-state index in [4.69, 9.17) is 5.73 Å². The van der Waals surface area contributed by atoms with E-state index in [0.717, 1.165) is 12.1 Å². The number of aryl methyl sites for hydroxylation is 2. The minimum absolute atomic E-state index is 0.202. The van der Waals surface area contributed by atoms with Gasteiger partial charge in [-0.3, -0.25) is 4.68 Å². The van der Waals surface area contributed by atoms with Crippen molar-refractivity contribution in [3.05, 3.63) is 11.3 Å².